The molecular weight excluding hydrogens is 406 g/mol. The molecule has 2 aromatic rings. The van der Waals surface area contributed by atoms with E-state index in [1.807, 2.05) is 18.2 Å². The third kappa shape index (κ3) is 2.87. The number of rotatable bonds is 4. The fraction of sp³-hybridized carbons (Fsp3) is 0.217. The van der Waals surface area contributed by atoms with Crippen LogP contribution in [0.3, 0.4) is 0 Å². The second-order valence-corrected chi connectivity index (χ2v) is 7.40. The summed E-state index contributed by atoms with van der Waals surface area (Å²) < 4.78 is 15.8. The first kappa shape index (κ1) is 20.0. The van der Waals surface area contributed by atoms with Gasteiger partial charge in [-0.15, -0.1) is 0 Å². The van der Waals surface area contributed by atoms with E-state index < -0.39 is 11.9 Å². The van der Waals surface area contributed by atoms with Crippen molar-refractivity contribution in [3.63, 3.8) is 0 Å². The fourth-order valence-corrected chi connectivity index (χ4v) is 4.44. The van der Waals surface area contributed by atoms with Gasteiger partial charge in [-0.05, 0) is 24.6 Å². The van der Waals surface area contributed by atoms with Gasteiger partial charge in [0.25, 0.3) is 0 Å². The van der Waals surface area contributed by atoms with E-state index in [-0.39, 0.29) is 5.78 Å². The summed E-state index contributed by atoms with van der Waals surface area (Å²) in [7, 11) is 4.32. The second-order valence-electron chi connectivity index (χ2n) is 6.99. The van der Waals surface area contributed by atoms with Crippen molar-refractivity contribution < 1.29 is 23.8 Å². The summed E-state index contributed by atoms with van der Waals surface area (Å²) in [6.07, 6.45) is 0. The number of nitrogens with one attached hydrogen (secondary N) is 1. The first-order valence-corrected chi connectivity index (χ1v) is 9.66. The van der Waals surface area contributed by atoms with Crippen LogP contribution in [0.15, 0.2) is 53.2 Å². The lowest BCUT2D eigenvalue weighted by Gasteiger charge is -2.29. The number of benzene rings is 2. The average Bonchev–Trinajstić information content (AvgIpc) is 3.03. The predicted molar refractivity (Wildman–Crippen MR) is 113 cm³/mol. The maximum atomic E-state index is 13.4. The first-order chi connectivity index (χ1) is 14.4. The Morgan fingerprint density at radius 3 is 2.40 bits per heavy atom. The van der Waals surface area contributed by atoms with Crippen LogP contribution in [0.1, 0.15) is 34.3 Å². The zero-order chi connectivity index (χ0) is 21.6. The lowest BCUT2D eigenvalue weighted by Crippen LogP contribution is -2.29. The summed E-state index contributed by atoms with van der Waals surface area (Å²) in [5.41, 5.74) is 4.15. The molecule has 0 spiro atoms. The summed E-state index contributed by atoms with van der Waals surface area (Å²) >= 11 is 6.44. The van der Waals surface area contributed by atoms with Gasteiger partial charge >= 0.3 is 5.97 Å². The van der Waals surface area contributed by atoms with Crippen LogP contribution in [0, 0.1) is 0 Å². The van der Waals surface area contributed by atoms with Crippen molar-refractivity contribution in [3.05, 3.63) is 75.0 Å². The zero-order valence-corrected chi connectivity index (χ0v) is 17.7. The smallest absolute Gasteiger partial charge is 0.336 e. The van der Waals surface area contributed by atoms with E-state index >= 15 is 0 Å². The monoisotopic (exact) mass is 425 g/mol. The van der Waals surface area contributed by atoms with Crippen LogP contribution < -0.4 is 14.8 Å². The molecule has 1 aliphatic heterocycles. The largest absolute Gasteiger partial charge is 0.493 e. The molecule has 1 atom stereocenters. The molecule has 7 heteroatoms. The number of allylic oxidation sites excluding steroid dienone is 2. The SMILES string of the molecule is COC(=O)C1=C(C)NC2=C(C(=O)c3ccccc32)C1c1cc(Cl)c(OC)c(OC)c1. The second kappa shape index (κ2) is 7.54. The fourth-order valence-electron chi connectivity index (χ4n) is 4.15. The predicted octanol–water partition coefficient (Wildman–Crippen LogP) is 4.10. The molecule has 0 amide bonds. The van der Waals surface area contributed by atoms with Crippen LogP contribution in [0.25, 0.3) is 5.70 Å². The highest BCUT2D eigenvalue weighted by molar-refractivity contribution is 6.32. The van der Waals surface area contributed by atoms with Gasteiger partial charge in [0, 0.05) is 28.3 Å². The molecule has 30 heavy (non-hydrogen) atoms. The van der Waals surface area contributed by atoms with E-state index in [2.05, 4.69) is 5.32 Å². The Morgan fingerprint density at radius 1 is 1.07 bits per heavy atom. The van der Waals surface area contributed by atoms with E-state index in [0.717, 1.165) is 5.56 Å². The Morgan fingerprint density at radius 2 is 1.77 bits per heavy atom. The summed E-state index contributed by atoms with van der Waals surface area (Å²) in [6.45, 7) is 1.79. The van der Waals surface area contributed by atoms with E-state index in [9.17, 15) is 9.59 Å². The number of ketones is 1. The van der Waals surface area contributed by atoms with Crippen molar-refractivity contribution in [2.75, 3.05) is 21.3 Å². The van der Waals surface area contributed by atoms with Crippen molar-refractivity contribution >= 4 is 29.1 Å². The molecule has 0 aromatic heterocycles. The molecule has 1 N–H and O–H groups in total. The molecule has 0 radical (unpaired) electrons. The number of hydrogen-bond donors (Lipinski definition) is 1. The number of dihydropyridines is 1. The number of halogens is 1. The Labute approximate surface area is 179 Å². The number of hydrogen-bond acceptors (Lipinski definition) is 6. The van der Waals surface area contributed by atoms with Gasteiger partial charge in [-0.25, -0.2) is 4.79 Å². The Kier molecular flexibility index (Phi) is 5.03. The van der Waals surface area contributed by atoms with Gasteiger partial charge in [0.1, 0.15) is 0 Å². The molecule has 154 valence electrons. The number of carbonyl (C=O) groups excluding carboxylic acids is 2. The minimum atomic E-state index is -0.675. The summed E-state index contributed by atoms with van der Waals surface area (Å²) in [5.74, 6) is -0.548. The molecule has 4 rings (SSSR count). The number of carbonyl (C=O) groups is 2. The quantitative estimate of drug-likeness (QED) is 0.743. The topological polar surface area (TPSA) is 73.9 Å². The lowest BCUT2D eigenvalue weighted by atomic mass is 9.79. The van der Waals surface area contributed by atoms with Gasteiger partial charge in [-0.1, -0.05) is 35.9 Å². The van der Waals surface area contributed by atoms with Crippen LogP contribution in [-0.4, -0.2) is 33.1 Å². The molecule has 1 heterocycles. The highest BCUT2D eigenvalue weighted by atomic mass is 35.5. The van der Waals surface area contributed by atoms with Gasteiger partial charge in [-0.2, -0.15) is 0 Å². The molecule has 1 aliphatic carbocycles. The molecule has 2 aromatic carbocycles. The molecule has 6 nitrogen and oxygen atoms in total. The number of esters is 1. The van der Waals surface area contributed by atoms with Crippen molar-refractivity contribution in [2.45, 2.75) is 12.8 Å². The number of Topliss-reactive ketones (excluding diaryl/α,β-unsaturated/α-hetero) is 1. The van der Waals surface area contributed by atoms with Crippen LogP contribution in [0.2, 0.25) is 5.02 Å². The highest BCUT2D eigenvalue weighted by Crippen LogP contribution is 2.49. The van der Waals surface area contributed by atoms with Crippen molar-refractivity contribution in [3.8, 4) is 11.5 Å². The Hall–Kier alpha value is -3.25. The molecule has 0 fully saturated rings. The molecule has 0 bridgehead atoms. The number of fused-ring (bicyclic) bond motifs is 2. The van der Waals surface area contributed by atoms with E-state index in [1.165, 1.54) is 21.3 Å². The zero-order valence-electron chi connectivity index (χ0n) is 17.0. The van der Waals surface area contributed by atoms with Gasteiger partial charge in [-0.3, -0.25) is 4.79 Å². The van der Waals surface area contributed by atoms with Gasteiger partial charge < -0.3 is 19.5 Å². The maximum Gasteiger partial charge on any atom is 0.336 e. The van der Waals surface area contributed by atoms with Crippen molar-refractivity contribution in [1.82, 2.24) is 5.32 Å². The number of ether oxygens (including phenoxy) is 3. The van der Waals surface area contributed by atoms with Crippen LogP contribution in [0.5, 0.6) is 11.5 Å². The minimum absolute atomic E-state index is 0.141. The van der Waals surface area contributed by atoms with E-state index in [0.29, 0.717) is 50.2 Å². The molecule has 0 saturated heterocycles. The molecule has 0 saturated carbocycles. The van der Waals surface area contributed by atoms with Crippen LogP contribution >= 0.6 is 11.6 Å². The van der Waals surface area contributed by atoms with Gasteiger partial charge in [0.2, 0.25) is 0 Å². The van der Waals surface area contributed by atoms with Crippen molar-refractivity contribution in [1.29, 1.82) is 0 Å². The normalized spacial score (nSPS) is 17.4. The summed E-state index contributed by atoms with van der Waals surface area (Å²) in [6, 6.07) is 10.8. The third-order valence-corrected chi connectivity index (χ3v) is 5.72. The standard InChI is InChI=1S/C23H20ClNO5/c1-11-17(23(27)30-4)18(12-9-15(24)22(29-3)16(10-12)28-2)19-20(25-11)13-7-5-6-8-14(13)21(19)26/h5-10,18,25H,1-4H3. The van der Waals surface area contributed by atoms with Crippen LogP contribution in [-0.2, 0) is 9.53 Å². The average molecular weight is 426 g/mol. The highest BCUT2D eigenvalue weighted by Gasteiger charge is 2.43. The Bertz CT molecular complexity index is 1150. The third-order valence-electron chi connectivity index (χ3n) is 5.44. The summed E-state index contributed by atoms with van der Waals surface area (Å²) in [4.78, 5) is 26.1. The van der Waals surface area contributed by atoms with Gasteiger partial charge in [0.05, 0.1) is 37.6 Å². The number of methoxy groups -OCH3 is 3. The summed E-state index contributed by atoms with van der Waals surface area (Å²) in [5, 5.41) is 3.56. The molecule has 2 aliphatic rings. The van der Waals surface area contributed by atoms with Crippen LogP contribution in [0.4, 0.5) is 0 Å². The minimum Gasteiger partial charge on any atom is -0.493 e. The van der Waals surface area contributed by atoms with Gasteiger partial charge in [0.15, 0.2) is 17.3 Å². The molecule has 1 unspecified atom stereocenters. The molecular formula is C23H20ClNO5. The van der Waals surface area contributed by atoms with E-state index in [4.69, 9.17) is 25.8 Å². The first-order valence-electron chi connectivity index (χ1n) is 9.28. The Balaban J connectivity index is 1.99. The van der Waals surface area contributed by atoms with Crippen molar-refractivity contribution in [2.24, 2.45) is 0 Å². The van der Waals surface area contributed by atoms with E-state index in [1.54, 1.807) is 25.1 Å². The lowest BCUT2D eigenvalue weighted by molar-refractivity contribution is -0.136. The maximum absolute atomic E-state index is 13.4.